The lowest BCUT2D eigenvalue weighted by atomic mass is 10.2. The first-order valence-electron chi connectivity index (χ1n) is 6.07. The zero-order valence-corrected chi connectivity index (χ0v) is 13.0. The standard InChI is InChI=1S/C7H16.C6H6.CHCl3/c1-3-5-7-6-4-2;1-2-4-6-5-3-1;2-1(3)4/h3-7H2,1-2H3;1-6H;1H. The summed E-state index contributed by atoms with van der Waals surface area (Å²) < 4.78 is -0.750. The summed E-state index contributed by atoms with van der Waals surface area (Å²) in [6.45, 7) is 4.49. The van der Waals surface area contributed by atoms with Crippen molar-refractivity contribution in [3.8, 4) is 0 Å². The Kier molecular flexibility index (Phi) is 21.1. The summed E-state index contributed by atoms with van der Waals surface area (Å²) in [6, 6.07) is 12.0. The summed E-state index contributed by atoms with van der Waals surface area (Å²) in [4.78, 5) is 0. The smallest absolute Gasteiger partial charge is 0.0874 e. The zero-order valence-electron chi connectivity index (χ0n) is 10.7. The second-order valence-corrected chi connectivity index (χ2v) is 5.44. The molecule has 100 valence electrons. The molecule has 1 aromatic carbocycles. The lowest BCUT2D eigenvalue weighted by Gasteiger charge is -1.90. The average Bonchev–Trinajstić information content (AvgIpc) is 2.32. The van der Waals surface area contributed by atoms with Gasteiger partial charge in [0.15, 0.2) is 4.30 Å². The largest absolute Gasteiger partial charge is 0.180 e. The Balaban J connectivity index is 0. The number of hydrogen-bond acceptors (Lipinski definition) is 0. The fraction of sp³-hybridized carbons (Fsp3) is 0.571. The number of benzene rings is 1. The minimum Gasteiger partial charge on any atom is -0.0874 e. The van der Waals surface area contributed by atoms with Gasteiger partial charge in [-0.1, -0.05) is 117 Å². The summed E-state index contributed by atoms with van der Waals surface area (Å²) in [5, 5.41) is 0. The first-order chi connectivity index (χ1) is 8.15. The molecule has 0 bridgehead atoms. The summed E-state index contributed by atoms with van der Waals surface area (Å²) >= 11 is 14.4. The molecule has 17 heavy (non-hydrogen) atoms. The molecule has 0 unspecified atom stereocenters. The number of halogens is 3. The summed E-state index contributed by atoms with van der Waals surface area (Å²) in [6.07, 6.45) is 7.01. The molecule has 0 aliphatic carbocycles. The van der Waals surface area contributed by atoms with E-state index in [0.717, 1.165) is 0 Å². The van der Waals surface area contributed by atoms with Crippen molar-refractivity contribution in [3.63, 3.8) is 0 Å². The molecule has 0 fully saturated rings. The monoisotopic (exact) mass is 296 g/mol. The van der Waals surface area contributed by atoms with Gasteiger partial charge in [0.05, 0.1) is 0 Å². The van der Waals surface area contributed by atoms with Crippen LogP contribution in [0.5, 0.6) is 0 Å². The second kappa shape index (κ2) is 18.5. The van der Waals surface area contributed by atoms with Gasteiger partial charge in [0.25, 0.3) is 0 Å². The molecule has 0 saturated carbocycles. The van der Waals surface area contributed by atoms with E-state index in [9.17, 15) is 0 Å². The molecular weight excluding hydrogens is 275 g/mol. The average molecular weight is 298 g/mol. The highest BCUT2D eigenvalue weighted by atomic mass is 35.6. The summed E-state index contributed by atoms with van der Waals surface area (Å²) in [7, 11) is 0. The van der Waals surface area contributed by atoms with Crippen molar-refractivity contribution < 1.29 is 0 Å². The van der Waals surface area contributed by atoms with E-state index >= 15 is 0 Å². The van der Waals surface area contributed by atoms with Gasteiger partial charge in [-0.2, -0.15) is 0 Å². The van der Waals surface area contributed by atoms with Gasteiger partial charge in [0.2, 0.25) is 0 Å². The Bertz CT molecular complexity index is 166. The first kappa shape index (κ1) is 19.4. The highest BCUT2D eigenvalue weighted by Gasteiger charge is 1.80. The Hall–Kier alpha value is 0.0900. The van der Waals surface area contributed by atoms with Crippen LogP contribution in [0.4, 0.5) is 0 Å². The Labute approximate surface area is 121 Å². The van der Waals surface area contributed by atoms with Crippen LogP contribution in [0.3, 0.4) is 0 Å². The quantitative estimate of drug-likeness (QED) is 0.431. The van der Waals surface area contributed by atoms with Crippen LogP contribution in [0.1, 0.15) is 46.0 Å². The fourth-order valence-corrected chi connectivity index (χ4v) is 1.06. The fourth-order valence-electron chi connectivity index (χ4n) is 1.06. The van der Waals surface area contributed by atoms with Gasteiger partial charge in [-0.05, 0) is 0 Å². The van der Waals surface area contributed by atoms with Crippen molar-refractivity contribution >= 4 is 34.8 Å². The van der Waals surface area contributed by atoms with Gasteiger partial charge in [-0.15, -0.1) is 0 Å². The van der Waals surface area contributed by atoms with Crippen molar-refractivity contribution in [2.45, 2.75) is 50.2 Å². The van der Waals surface area contributed by atoms with Gasteiger partial charge in [-0.25, -0.2) is 0 Å². The third kappa shape index (κ3) is 31.4. The topological polar surface area (TPSA) is 0 Å². The predicted molar refractivity (Wildman–Crippen MR) is 82.2 cm³/mol. The van der Waals surface area contributed by atoms with Crippen molar-refractivity contribution in [1.82, 2.24) is 0 Å². The minimum absolute atomic E-state index is 0.750. The molecule has 0 nitrogen and oxygen atoms in total. The van der Waals surface area contributed by atoms with Crippen molar-refractivity contribution in [1.29, 1.82) is 0 Å². The Morgan fingerprint density at radius 3 is 1.06 bits per heavy atom. The molecule has 0 heterocycles. The predicted octanol–water partition coefficient (Wildman–Crippen LogP) is 6.65. The molecule has 0 amide bonds. The van der Waals surface area contributed by atoms with Crippen LogP contribution < -0.4 is 0 Å². The normalized spacial score (nSPS) is 8.82. The Morgan fingerprint density at radius 2 is 0.882 bits per heavy atom. The number of unbranched alkanes of at least 4 members (excludes halogenated alkanes) is 4. The molecule has 3 heteroatoms. The SMILES string of the molecule is CCCCCCC.ClC(Cl)Cl.c1ccccc1. The van der Waals surface area contributed by atoms with E-state index in [1.54, 1.807) is 0 Å². The molecular formula is C14H23Cl3. The molecule has 0 aliphatic rings. The third-order valence-corrected chi connectivity index (χ3v) is 1.87. The van der Waals surface area contributed by atoms with Crippen LogP contribution in [0.15, 0.2) is 36.4 Å². The molecule has 1 rings (SSSR count). The van der Waals surface area contributed by atoms with Gasteiger partial charge < -0.3 is 0 Å². The van der Waals surface area contributed by atoms with Gasteiger partial charge in [-0.3, -0.25) is 0 Å². The maximum atomic E-state index is 4.81. The van der Waals surface area contributed by atoms with Gasteiger partial charge >= 0.3 is 0 Å². The van der Waals surface area contributed by atoms with Crippen molar-refractivity contribution in [2.75, 3.05) is 0 Å². The summed E-state index contributed by atoms with van der Waals surface area (Å²) in [5.74, 6) is 0. The number of hydrogen-bond donors (Lipinski definition) is 0. The maximum Gasteiger partial charge on any atom is 0.180 e. The van der Waals surface area contributed by atoms with Gasteiger partial charge in [0.1, 0.15) is 0 Å². The van der Waals surface area contributed by atoms with E-state index in [0.29, 0.717) is 0 Å². The molecule has 0 spiro atoms. The molecule has 0 saturated heterocycles. The summed E-state index contributed by atoms with van der Waals surface area (Å²) in [5.41, 5.74) is 0. The lowest BCUT2D eigenvalue weighted by Crippen LogP contribution is -1.70. The lowest BCUT2D eigenvalue weighted by molar-refractivity contribution is 0.656. The van der Waals surface area contributed by atoms with Crippen LogP contribution in [-0.4, -0.2) is 4.30 Å². The molecule has 0 N–H and O–H groups in total. The van der Waals surface area contributed by atoms with E-state index in [2.05, 4.69) is 13.8 Å². The first-order valence-corrected chi connectivity index (χ1v) is 7.38. The van der Waals surface area contributed by atoms with Crippen LogP contribution in [0, 0.1) is 0 Å². The second-order valence-electron chi connectivity index (χ2n) is 3.46. The Morgan fingerprint density at radius 1 is 0.647 bits per heavy atom. The maximum absolute atomic E-state index is 4.81. The van der Waals surface area contributed by atoms with Crippen molar-refractivity contribution in [2.24, 2.45) is 0 Å². The number of rotatable bonds is 4. The molecule has 0 aliphatic heterocycles. The van der Waals surface area contributed by atoms with E-state index in [-0.39, 0.29) is 0 Å². The van der Waals surface area contributed by atoms with E-state index < -0.39 is 4.30 Å². The van der Waals surface area contributed by atoms with Gasteiger partial charge in [0, 0.05) is 0 Å². The van der Waals surface area contributed by atoms with Crippen LogP contribution in [0.25, 0.3) is 0 Å². The van der Waals surface area contributed by atoms with E-state index in [1.165, 1.54) is 32.1 Å². The molecule has 0 atom stereocenters. The van der Waals surface area contributed by atoms with Crippen LogP contribution >= 0.6 is 34.8 Å². The highest BCUT2D eigenvalue weighted by molar-refractivity contribution is 6.63. The van der Waals surface area contributed by atoms with Crippen LogP contribution in [0.2, 0.25) is 0 Å². The molecule has 0 aromatic heterocycles. The van der Waals surface area contributed by atoms with E-state index in [4.69, 9.17) is 34.8 Å². The van der Waals surface area contributed by atoms with Crippen LogP contribution in [-0.2, 0) is 0 Å². The molecule has 1 aromatic rings. The number of alkyl halides is 3. The third-order valence-electron chi connectivity index (χ3n) is 1.87. The highest BCUT2D eigenvalue weighted by Crippen LogP contribution is 2.03. The van der Waals surface area contributed by atoms with Crippen molar-refractivity contribution in [3.05, 3.63) is 36.4 Å². The molecule has 0 radical (unpaired) electrons. The van der Waals surface area contributed by atoms with E-state index in [1.807, 2.05) is 36.4 Å². The minimum atomic E-state index is -0.750. The zero-order chi connectivity index (χ0) is 13.4.